The van der Waals surface area contributed by atoms with Crippen molar-refractivity contribution in [2.75, 3.05) is 0 Å². The molecule has 0 amide bonds. The van der Waals surface area contributed by atoms with Crippen LogP contribution in [0.5, 0.6) is 0 Å². The minimum atomic E-state index is -0.465. The fourth-order valence-electron chi connectivity index (χ4n) is 1.98. The van der Waals surface area contributed by atoms with Gasteiger partial charge in [-0.3, -0.25) is 0 Å². The number of thiophene rings is 1. The molecule has 5 heteroatoms. The van der Waals surface area contributed by atoms with Crippen LogP contribution in [-0.2, 0) is 6.42 Å². The van der Waals surface area contributed by atoms with Crippen molar-refractivity contribution in [2.45, 2.75) is 31.4 Å². The number of aliphatic hydroxyl groups excluding tert-OH is 1. The molecule has 0 radical (unpaired) electrons. The number of aliphatic hydroxyl groups is 1. The van der Waals surface area contributed by atoms with Crippen molar-refractivity contribution in [2.24, 2.45) is 0 Å². The van der Waals surface area contributed by atoms with E-state index in [1.807, 2.05) is 17.8 Å². The lowest BCUT2D eigenvalue weighted by Gasteiger charge is -2.12. The van der Waals surface area contributed by atoms with Crippen molar-refractivity contribution in [3.8, 4) is 0 Å². The maximum Gasteiger partial charge on any atom is 0.100 e. The Balaban J connectivity index is 1.79. The Morgan fingerprint density at radius 3 is 3.06 bits per heavy atom. The monoisotopic (exact) mass is 312 g/mol. The molecule has 1 aliphatic rings. The van der Waals surface area contributed by atoms with E-state index in [1.54, 1.807) is 17.5 Å². The van der Waals surface area contributed by atoms with E-state index in [-0.39, 0.29) is 0 Å². The SMILES string of the molecule is OC(Cc1sccc1Br)c1cncn1C1CC1. The summed E-state index contributed by atoms with van der Waals surface area (Å²) in [6.07, 6.45) is 6.21. The second-order valence-corrected chi connectivity index (χ2v) is 6.22. The van der Waals surface area contributed by atoms with Gasteiger partial charge in [0.05, 0.1) is 18.2 Å². The zero-order valence-corrected chi connectivity index (χ0v) is 11.6. The Morgan fingerprint density at radius 1 is 1.59 bits per heavy atom. The van der Waals surface area contributed by atoms with Crippen LogP contribution in [0, 0.1) is 0 Å². The molecule has 3 nitrogen and oxygen atoms in total. The van der Waals surface area contributed by atoms with Gasteiger partial charge in [-0.25, -0.2) is 4.98 Å². The van der Waals surface area contributed by atoms with Gasteiger partial charge in [0.15, 0.2) is 0 Å². The predicted octanol–water partition coefficient (Wildman–Crippen LogP) is 3.32. The molecule has 1 N–H and O–H groups in total. The van der Waals surface area contributed by atoms with Crippen LogP contribution in [0.25, 0.3) is 0 Å². The number of aromatic nitrogens is 2. The molecular formula is C12H13BrN2OS. The van der Waals surface area contributed by atoms with E-state index in [0.29, 0.717) is 12.5 Å². The molecule has 2 heterocycles. The second kappa shape index (κ2) is 4.55. The van der Waals surface area contributed by atoms with E-state index in [0.717, 1.165) is 10.2 Å². The van der Waals surface area contributed by atoms with Gasteiger partial charge >= 0.3 is 0 Å². The van der Waals surface area contributed by atoms with Gasteiger partial charge < -0.3 is 9.67 Å². The molecular weight excluding hydrogens is 300 g/mol. The van der Waals surface area contributed by atoms with Crippen LogP contribution in [0.1, 0.15) is 35.6 Å². The number of nitrogens with zero attached hydrogens (tertiary/aromatic N) is 2. The Morgan fingerprint density at radius 2 is 2.41 bits per heavy atom. The minimum Gasteiger partial charge on any atom is -0.386 e. The van der Waals surface area contributed by atoms with Crippen LogP contribution in [0.4, 0.5) is 0 Å². The first-order valence-corrected chi connectivity index (χ1v) is 7.34. The molecule has 0 saturated heterocycles. The maximum absolute atomic E-state index is 10.3. The van der Waals surface area contributed by atoms with E-state index in [2.05, 4.69) is 25.5 Å². The maximum atomic E-state index is 10.3. The molecule has 90 valence electrons. The van der Waals surface area contributed by atoms with E-state index >= 15 is 0 Å². The number of hydrogen-bond donors (Lipinski definition) is 1. The van der Waals surface area contributed by atoms with Crippen molar-refractivity contribution >= 4 is 27.3 Å². The Kier molecular flexibility index (Phi) is 3.06. The smallest absolute Gasteiger partial charge is 0.100 e. The van der Waals surface area contributed by atoms with Crippen molar-refractivity contribution in [3.05, 3.63) is 39.0 Å². The van der Waals surface area contributed by atoms with Crippen molar-refractivity contribution in [3.63, 3.8) is 0 Å². The summed E-state index contributed by atoms with van der Waals surface area (Å²) in [4.78, 5) is 5.33. The Labute approximate surface area is 112 Å². The fraction of sp³-hybridized carbons (Fsp3) is 0.417. The lowest BCUT2D eigenvalue weighted by molar-refractivity contribution is 0.169. The standard InChI is InChI=1S/C12H13BrN2OS/c13-9-3-4-17-12(9)5-11(16)10-6-14-7-15(10)8-1-2-8/h3-4,6-8,11,16H,1-2,5H2. The number of rotatable bonds is 4. The summed E-state index contributed by atoms with van der Waals surface area (Å²) >= 11 is 5.16. The van der Waals surface area contributed by atoms with Gasteiger partial charge in [-0.05, 0) is 40.2 Å². The average Bonchev–Trinajstić information content (AvgIpc) is 2.90. The summed E-state index contributed by atoms with van der Waals surface area (Å²) in [6.45, 7) is 0. The molecule has 3 rings (SSSR count). The summed E-state index contributed by atoms with van der Waals surface area (Å²) < 4.78 is 3.20. The van der Waals surface area contributed by atoms with E-state index in [9.17, 15) is 5.11 Å². The highest BCUT2D eigenvalue weighted by atomic mass is 79.9. The van der Waals surface area contributed by atoms with Gasteiger partial charge in [-0.15, -0.1) is 11.3 Å². The molecule has 1 aliphatic carbocycles. The van der Waals surface area contributed by atoms with Gasteiger partial charge in [0.2, 0.25) is 0 Å². The highest BCUT2D eigenvalue weighted by Crippen LogP contribution is 2.37. The third-order valence-electron chi connectivity index (χ3n) is 3.05. The molecule has 2 aromatic rings. The van der Waals surface area contributed by atoms with Crippen LogP contribution in [-0.4, -0.2) is 14.7 Å². The number of hydrogen-bond acceptors (Lipinski definition) is 3. The van der Waals surface area contributed by atoms with E-state index in [4.69, 9.17) is 0 Å². The summed E-state index contributed by atoms with van der Waals surface area (Å²) in [5.74, 6) is 0. The van der Waals surface area contributed by atoms with Gasteiger partial charge in [0.1, 0.15) is 6.10 Å². The first kappa shape index (κ1) is 11.4. The normalized spacial score (nSPS) is 17.3. The topological polar surface area (TPSA) is 38.1 Å². The highest BCUT2D eigenvalue weighted by molar-refractivity contribution is 9.10. The molecule has 0 spiro atoms. The van der Waals surface area contributed by atoms with Crippen molar-refractivity contribution in [1.82, 2.24) is 9.55 Å². The largest absolute Gasteiger partial charge is 0.386 e. The van der Waals surface area contributed by atoms with Crippen LogP contribution in [0.2, 0.25) is 0 Å². The summed E-state index contributed by atoms with van der Waals surface area (Å²) in [5, 5.41) is 12.3. The summed E-state index contributed by atoms with van der Waals surface area (Å²) in [5.41, 5.74) is 0.938. The number of halogens is 1. The molecule has 0 aromatic carbocycles. The van der Waals surface area contributed by atoms with Gasteiger partial charge in [0, 0.05) is 21.8 Å². The van der Waals surface area contributed by atoms with E-state index < -0.39 is 6.10 Å². The van der Waals surface area contributed by atoms with Crippen LogP contribution < -0.4 is 0 Å². The Bertz CT molecular complexity index is 518. The minimum absolute atomic E-state index is 0.465. The van der Waals surface area contributed by atoms with Crippen LogP contribution >= 0.6 is 27.3 Å². The predicted molar refractivity (Wildman–Crippen MR) is 71.2 cm³/mol. The molecule has 1 unspecified atom stereocenters. The molecule has 0 bridgehead atoms. The molecule has 0 aliphatic heterocycles. The molecule has 1 fully saturated rings. The van der Waals surface area contributed by atoms with Gasteiger partial charge in [-0.2, -0.15) is 0 Å². The van der Waals surface area contributed by atoms with E-state index in [1.165, 1.54) is 17.7 Å². The number of imidazole rings is 1. The lowest BCUT2D eigenvalue weighted by atomic mass is 10.1. The average molecular weight is 313 g/mol. The van der Waals surface area contributed by atoms with Crippen molar-refractivity contribution in [1.29, 1.82) is 0 Å². The molecule has 1 atom stereocenters. The molecule has 1 saturated carbocycles. The first-order chi connectivity index (χ1) is 8.25. The quantitative estimate of drug-likeness (QED) is 0.940. The van der Waals surface area contributed by atoms with Gasteiger partial charge in [-0.1, -0.05) is 0 Å². The van der Waals surface area contributed by atoms with Gasteiger partial charge in [0.25, 0.3) is 0 Å². The third kappa shape index (κ3) is 2.32. The van der Waals surface area contributed by atoms with Crippen LogP contribution in [0.15, 0.2) is 28.4 Å². The molecule has 17 heavy (non-hydrogen) atoms. The lowest BCUT2D eigenvalue weighted by Crippen LogP contribution is -2.07. The summed E-state index contributed by atoms with van der Waals surface area (Å²) in [7, 11) is 0. The Hall–Kier alpha value is -0.650. The zero-order valence-electron chi connectivity index (χ0n) is 9.21. The van der Waals surface area contributed by atoms with Crippen molar-refractivity contribution < 1.29 is 5.11 Å². The third-order valence-corrected chi connectivity index (χ3v) is 5.00. The van der Waals surface area contributed by atoms with Crippen LogP contribution in [0.3, 0.4) is 0 Å². The second-order valence-electron chi connectivity index (χ2n) is 4.37. The molecule has 2 aromatic heterocycles. The summed E-state index contributed by atoms with van der Waals surface area (Å²) in [6, 6.07) is 2.58. The first-order valence-electron chi connectivity index (χ1n) is 5.67. The zero-order chi connectivity index (χ0) is 11.8. The highest BCUT2D eigenvalue weighted by Gasteiger charge is 2.27. The fourth-order valence-corrected chi connectivity index (χ4v) is 3.53.